The second kappa shape index (κ2) is 14.1. The second-order valence-electron chi connectivity index (χ2n) is 6.52. The summed E-state index contributed by atoms with van der Waals surface area (Å²) in [6, 6.07) is 8.54. The van der Waals surface area contributed by atoms with Gasteiger partial charge >= 0.3 is 0 Å². The number of nitrogens with zero attached hydrogens (tertiary/aromatic N) is 2. The molecule has 7 heteroatoms. The fraction of sp³-hybridized carbons (Fsp3) is 0.650. The number of ether oxygens (including phenoxy) is 3. The second-order valence-corrected chi connectivity index (χ2v) is 6.52. The van der Waals surface area contributed by atoms with E-state index in [1.807, 2.05) is 14.0 Å². The van der Waals surface area contributed by atoms with Gasteiger partial charge in [0, 0.05) is 46.3 Å². The van der Waals surface area contributed by atoms with Gasteiger partial charge in [-0.15, -0.1) is 24.0 Å². The SMILES string of the molecule is CCOCc1ccc(CNC(=NC)N2CCC(COCCOC)C2)cc1.I. The summed E-state index contributed by atoms with van der Waals surface area (Å²) in [7, 11) is 3.54. The summed E-state index contributed by atoms with van der Waals surface area (Å²) in [6.07, 6.45) is 1.14. The summed E-state index contributed by atoms with van der Waals surface area (Å²) in [6.45, 7) is 8.32. The highest BCUT2D eigenvalue weighted by Crippen LogP contribution is 2.17. The molecule has 6 nitrogen and oxygen atoms in total. The maximum absolute atomic E-state index is 5.67. The van der Waals surface area contributed by atoms with Gasteiger partial charge in [-0.1, -0.05) is 24.3 Å². The number of hydrogen-bond acceptors (Lipinski definition) is 4. The summed E-state index contributed by atoms with van der Waals surface area (Å²) in [5, 5.41) is 3.47. The number of likely N-dealkylation sites (tertiary alicyclic amines) is 1. The van der Waals surface area contributed by atoms with Crippen LogP contribution in [0, 0.1) is 5.92 Å². The average Bonchev–Trinajstić information content (AvgIpc) is 3.14. The van der Waals surface area contributed by atoms with Crippen molar-refractivity contribution in [1.82, 2.24) is 10.2 Å². The van der Waals surface area contributed by atoms with E-state index in [0.717, 1.165) is 45.2 Å². The Balaban J connectivity index is 0.00000364. The Labute approximate surface area is 180 Å². The van der Waals surface area contributed by atoms with Crippen molar-refractivity contribution in [3.8, 4) is 0 Å². The maximum atomic E-state index is 5.67. The fourth-order valence-corrected chi connectivity index (χ4v) is 3.04. The molecule has 0 bridgehead atoms. The van der Waals surface area contributed by atoms with E-state index in [1.165, 1.54) is 11.1 Å². The molecule has 2 rings (SSSR count). The van der Waals surface area contributed by atoms with E-state index in [0.29, 0.717) is 25.7 Å². The molecule has 1 unspecified atom stereocenters. The van der Waals surface area contributed by atoms with Crippen molar-refractivity contribution in [2.24, 2.45) is 10.9 Å². The number of hydrogen-bond donors (Lipinski definition) is 1. The largest absolute Gasteiger partial charge is 0.382 e. The van der Waals surface area contributed by atoms with Gasteiger partial charge in [0.25, 0.3) is 0 Å². The molecular formula is C20H34IN3O3. The first kappa shape index (κ1) is 24.1. The minimum Gasteiger partial charge on any atom is -0.382 e. The third-order valence-electron chi connectivity index (χ3n) is 4.53. The standard InChI is InChI=1S/C20H33N3O3.HI/c1-4-25-15-18-7-5-17(6-8-18)13-22-20(21-2)23-10-9-19(14-23)16-26-12-11-24-3;/h5-8,19H,4,9-16H2,1-3H3,(H,21,22);1H. The molecule has 154 valence electrons. The summed E-state index contributed by atoms with van der Waals surface area (Å²) in [4.78, 5) is 6.75. The van der Waals surface area contributed by atoms with Gasteiger partial charge in [0.1, 0.15) is 0 Å². The van der Waals surface area contributed by atoms with Crippen LogP contribution in [0.1, 0.15) is 24.5 Å². The minimum atomic E-state index is 0. The number of benzene rings is 1. The molecule has 1 heterocycles. The predicted molar refractivity (Wildman–Crippen MR) is 120 cm³/mol. The highest BCUT2D eigenvalue weighted by molar-refractivity contribution is 14.0. The molecule has 0 spiro atoms. The molecule has 0 amide bonds. The van der Waals surface area contributed by atoms with Gasteiger partial charge in [-0.3, -0.25) is 4.99 Å². The molecule has 1 N–H and O–H groups in total. The minimum absolute atomic E-state index is 0. The highest BCUT2D eigenvalue weighted by atomic mass is 127. The smallest absolute Gasteiger partial charge is 0.193 e. The van der Waals surface area contributed by atoms with Crippen LogP contribution in [0.4, 0.5) is 0 Å². The molecule has 1 aromatic rings. The Morgan fingerprint density at radius 2 is 1.93 bits per heavy atom. The summed E-state index contributed by atoms with van der Waals surface area (Å²) in [5.74, 6) is 1.52. The highest BCUT2D eigenvalue weighted by Gasteiger charge is 2.24. The van der Waals surface area contributed by atoms with Gasteiger partial charge < -0.3 is 24.4 Å². The summed E-state index contributed by atoms with van der Waals surface area (Å²) in [5.41, 5.74) is 2.45. The molecular weight excluding hydrogens is 457 g/mol. The number of guanidine groups is 1. The molecule has 1 aliphatic rings. The van der Waals surface area contributed by atoms with Crippen molar-refractivity contribution in [3.63, 3.8) is 0 Å². The van der Waals surface area contributed by atoms with E-state index in [4.69, 9.17) is 14.2 Å². The zero-order valence-corrected chi connectivity index (χ0v) is 19.1. The van der Waals surface area contributed by atoms with Crippen LogP contribution in [0.15, 0.2) is 29.3 Å². The van der Waals surface area contributed by atoms with Gasteiger partial charge in [-0.05, 0) is 24.5 Å². The van der Waals surface area contributed by atoms with Crippen LogP contribution in [-0.2, 0) is 27.4 Å². The van der Waals surface area contributed by atoms with Crippen LogP contribution >= 0.6 is 24.0 Å². The van der Waals surface area contributed by atoms with E-state index in [9.17, 15) is 0 Å². The third kappa shape index (κ3) is 8.76. The summed E-state index contributed by atoms with van der Waals surface area (Å²) < 4.78 is 16.1. The van der Waals surface area contributed by atoms with Gasteiger partial charge in [0.2, 0.25) is 0 Å². The Kier molecular flexibility index (Phi) is 12.6. The molecule has 1 aliphatic heterocycles. The Hall–Kier alpha value is -0.900. The van der Waals surface area contributed by atoms with Crippen molar-refractivity contribution in [2.75, 3.05) is 53.7 Å². The molecule has 0 radical (unpaired) electrons. The van der Waals surface area contributed by atoms with Gasteiger partial charge in [-0.25, -0.2) is 0 Å². The number of halogens is 1. The zero-order chi connectivity index (χ0) is 18.6. The number of rotatable bonds is 10. The third-order valence-corrected chi connectivity index (χ3v) is 4.53. The van der Waals surface area contributed by atoms with Crippen molar-refractivity contribution < 1.29 is 14.2 Å². The number of methoxy groups -OCH3 is 1. The first-order valence-corrected chi connectivity index (χ1v) is 9.44. The van der Waals surface area contributed by atoms with Crippen LogP contribution in [0.2, 0.25) is 0 Å². The van der Waals surface area contributed by atoms with Crippen molar-refractivity contribution >= 4 is 29.9 Å². The number of aliphatic imine (C=N–C) groups is 1. The lowest BCUT2D eigenvalue weighted by Crippen LogP contribution is -2.39. The fourth-order valence-electron chi connectivity index (χ4n) is 3.04. The Bertz CT molecular complexity index is 540. The molecule has 1 saturated heterocycles. The molecule has 1 aromatic carbocycles. The lowest BCUT2D eigenvalue weighted by Gasteiger charge is -2.22. The molecule has 0 saturated carbocycles. The van der Waals surface area contributed by atoms with E-state index in [1.54, 1.807) is 7.11 Å². The lowest BCUT2D eigenvalue weighted by molar-refractivity contribution is 0.0536. The first-order chi connectivity index (χ1) is 12.8. The normalized spacial score (nSPS) is 17.1. The topological polar surface area (TPSA) is 55.3 Å². The monoisotopic (exact) mass is 491 g/mol. The predicted octanol–water partition coefficient (Wildman–Crippen LogP) is 2.90. The maximum Gasteiger partial charge on any atom is 0.193 e. The Morgan fingerprint density at radius 3 is 2.59 bits per heavy atom. The Morgan fingerprint density at radius 1 is 1.19 bits per heavy atom. The molecule has 0 aliphatic carbocycles. The van der Waals surface area contributed by atoms with Crippen LogP contribution in [-0.4, -0.2) is 64.5 Å². The quantitative estimate of drug-likeness (QED) is 0.236. The summed E-state index contributed by atoms with van der Waals surface area (Å²) >= 11 is 0. The van der Waals surface area contributed by atoms with Gasteiger partial charge in [-0.2, -0.15) is 0 Å². The van der Waals surface area contributed by atoms with E-state index < -0.39 is 0 Å². The zero-order valence-electron chi connectivity index (χ0n) is 16.8. The molecule has 27 heavy (non-hydrogen) atoms. The van der Waals surface area contributed by atoms with Crippen LogP contribution < -0.4 is 5.32 Å². The lowest BCUT2D eigenvalue weighted by atomic mass is 10.1. The molecule has 1 fully saturated rings. The van der Waals surface area contributed by atoms with Crippen LogP contribution in [0.5, 0.6) is 0 Å². The first-order valence-electron chi connectivity index (χ1n) is 9.44. The molecule has 0 aromatic heterocycles. The van der Waals surface area contributed by atoms with Crippen molar-refractivity contribution in [3.05, 3.63) is 35.4 Å². The van der Waals surface area contributed by atoms with Crippen LogP contribution in [0.25, 0.3) is 0 Å². The average molecular weight is 491 g/mol. The van der Waals surface area contributed by atoms with E-state index in [-0.39, 0.29) is 24.0 Å². The van der Waals surface area contributed by atoms with E-state index in [2.05, 4.69) is 39.5 Å². The van der Waals surface area contributed by atoms with Crippen molar-refractivity contribution in [1.29, 1.82) is 0 Å². The molecule has 1 atom stereocenters. The van der Waals surface area contributed by atoms with E-state index >= 15 is 0 Å². The van der Waals surface area contributed by atoms with Gasteiger partial charge in [0.05, 0.1) is 26.4 Å². The number of nitrogens with one attached hydrogen (secondary N) is 1. The van der Waals surface area contributed by atoms with Gasteiger partial charge in [0.15, 0.2) is 5.96 Å². The van der Waals surface area contributed by atoms with Crippen molar-refractivity contribution in [2.45, 2.75) is 26.5 Å². The van der Waals surface area contributed by atoms with Crippen LogP contribution in [0.3, 0.4) is 0 Å².